The molecule has 0 aliphatic heterocycles. The Labute approximate surface area is 78.3 Å². The van der Waals surface area contributed by atoms with E-state index in [4.69, 9.17) is 23.2 Å². The molecule has 2 nitrogen and oxygen atoms in total. The SMILES string of the molecule is O=C(Cl)Nc1cc(F)cc(Cl)c1. The topological polar surface area (TPSA) is 29.1 Å². The summed E-state index contributed by atoms with van der Waals surface area (Å²) in [5.41, 5.74) is 0.236. The standard InChI is InChI=1S/C7H4Cl2FNO/c8-4-1-5(10)3-6(2-4)11-7(9)12/h1-3H,(H,11,12). The molecule has 0 aliphatic rings. The highest BCUT2D eigenvalue weighted by molar-refractivity contribution is 6.65. The van der Waals surface area contributed by atoms with Gasteiger partial charge in [-0.15, -0.1) is 0 Å². The highest BCUT2D eigenvalue weighted by atomic mass is 35.5. The van der Waals surface area contributed by atoms with Crippen molar-refractivity contribution in [2.45, 2.75) is 0 Å². The van der Waals surface area contributed by atoms with E-state index in [1.807, 2.05) is 0 Å². The van der Waals surface area contributed by atoms with Gasteiger partial charge in [0.1, 0.15) is 5.82 Å². The quantitative estimate of drug-likeness (QED) is 0.556. The van der Waals surface area contributed by atoms with E-state index in [1.165, 1.54) is 6.07 Å². The second-order valence-electron chi connectivity index (χ2n) is 2.06. The van der Waals surface area contributed by atoms with Crippen molar-refractivity contribution in [2.24, 2.45) is 0 Å². The number of carbonyl (C=O) groups excluding carboxylic acids is 1. The van der Waals surface area contributed by atoms with Gasteiger partial charge < -0.3 is 5.32 Å². The Morgan fingerprint density at radius 2 is 2.08 bits per heavy atom. The molecule has 0 saturated carbocycles. The highest BCUT2D eigenvalue weighted by Crippen LogP contribution is 2.18. The minimum absolute atomic E-state index is 0.204. The van der Waals surface area contributed by atoms with Gasteiger partial charge in [-0.05, 0) is 29.8 Å². The van der Waals surface area contributed by atoms with Crippen LogP contribution in [0.1, 0.15) is 0 Å². The lowest BCUT2D eigenvalue weighted by molar-refractivity contribution is 0.269. The highest BCUT2D eigenvalue weighted by Gasteiger charge is 2.00. The zero-order valence-corrected chi connectivity index (χ0v) is 7.29. The number of hydrogen-bond donors (Lipinski definition) is 1. The average Bonchev–Trinajstić information content (AvgIpc) is 1.81. The van der Waals surface area contributed by atoms with E-state index in [0.717, 1.165) is 12.1 Å². The van der Waals surface area contributed by atoms with Crippen molar-refractivity contribution >= 4 is 34.3 Å². The van der Waals surface area contributed by atoms with Crippen LogP contribution >= 0.6 is 23.2 Å². The van der Waals surface area contributed by atoms with Gasteiger partial charge in [-0.25, -0.2) is 4.39 Å². The summed E-state index contributed by atoms with van der Waals surface area (Å²) in [5, 5.41) is 1.61. The van der Waals surface area contributed by atoms with Crippen LogP contribution in [0.2, 0.25) is 5.02 Å². The Morgan fingerprint density at radius 1 is 1.42 bits per heavy atom. The average molecular weight is 208 g/mol. The molecule has 12 heavy (non-hydrogen) atoms. The van der Waals surface area contributed by atoms with Crippen molar-refractivity contribution in [3.63, 3.8) is 0 Å². The Balaban J connectivity index is 2.93. The van der Waals surface area contributed by atoms with E-state index in [9.17, 15) is 9.18 Å². The lowest BCUT2D eigenvalue weighted by atomic mass is 10.3. The Morgan fingerprint density at radius 3 is 2.58 bits per heavy atom. The monoisotopic (exact) mass is 207 g/mol. The van der Waals surface area contributed by atoms with Gasteiger partial charge in [-0.1, -0.05) is 11.6 Å². The number of amides is 1. The zero-order valence-electron chi connectivity index (χ0n) is 5.77. The van der Waals surface area contributed by atoms with Gasteiger partial charge in [-0.3, -0.25) is 4.79 Å². The van der Waals surface area contributed by atoms with Gasteiger partial charge in [0.2, 0.25) is 0 Å². The maximum Gasteiger partial charge on any atom is 0.318 e. The third-order valence-corrected chi connectivity index (χ3v) is 1.42. The first-order chi connectivity index (χ1) is 5.58. The van der Waals surface area contributed by atoms with Crippen LogP contribution in [0.5, 0.6) is 0 Å². The van der Waals surface area contributed by atoms with Crippen LogP contribution in [-0.4, -0.2) is 5.37 Å². The summed E-state index contributed by atoms with van der Waals surface area (Å²) < 4.78 is 12.6. The van der Waals surface area contributed by atoms with Crippen LogP contribution in [0.25, 0.3) is 0 Å². The van der Waals surface area contributed by atoms with E-state index in [2.05, 4.69) is 5.32 Å². The minimum atomic E-state index is -0.781. The molecule has 0 heterocycles. The number of nitrogens with one attached hydrogen (secondary N) is 1. The second kappa shape index (κ2) is 3.74. The molecule has 0 aromatic heterocycles. The third kappa shape index (κ3) is 2.68. The molecule has 0 aliphatic carbocycles. The molecule has 1 rings (SSSR count). The van der Waals surface area contributed by atoms with E-state index in [1.54, 1.807) is 0 Å². The summed E-state index contributed by atoms with van der Waals surface area (Å²) >= 11 is 10.5. The van der Waals surface area contributed by atoms with Gasteiger partial charge >= 0.3 is 5.37 Å². The Bertz CT molecular complexity index is 296. The van der Waals surface area contributed by atoms with E-state index in [-0.39, 0.29) is 10.7 Å². The maximum absolute atomic E-state index is 12.6. The maximum atomic E-state index is 12.6. The molecule has 0 bridgehead atoms. The van der Waals surface area contributed by atoms with Gasteiger partial charge in [0, 0.05) is 10.7 Å². The van der Waals surface area contributed by atoms with E-state index in [0.29, 0.717) is 0 Å². The number of hydrogen-bond acceptors (Lipinski definition) is 1. The van der Waals surface area contributed by atoms with Crippen LogP contribution in [-0.2, 0) is 0 Å². The van der Waals surface area contributed by atoms with Gasteiger partial charge in [0.25, 0.3) is 0 Å². The number of rotatable bonds is 1. The van der Waals surface area contributed by atoms with Crippen LogP contribution in [0.4, 0.5) is 14.9 Å². The van der Waals surface area contributed by atoms with E-state index < -0.39 is 11.2 Å². The second-order valence-corrected chi connectivity index (χ2v) is 2.84. The molecule has 0 fully saturated rings. The van der Waals surface area contributed by atoms with Gasteiger partial charge in [0.15, 0.2) is 0 Å². The fraction of sp³-hybridized carbons (Fsp3) is 0. The molecule has 0 unspecified atom stereocenters. The molecule has 0 saturated heterocycles. The normalized spacial score (nSPS) is 9.58. The van der Waals surface area contributed by atoms with Crippen LogP contribution in [0, 0.1) is 5.82 Å². The Hall–Kier alpha value is -0.800. The molecule has 1 aromatic carbocycles. The van der Waals surface area contributed by atoms with Crippen molar-refractivity contribution in [3.05, 3.63) is 29.0 Å². The molecule has 1 aromatic rings. The summed E-state index contributed by atoms with van der Waals surface area (Å²) in [4.78, 5) is 10.3. The van der Waals surface area contributed by atoms with Crippen LogP contribution in [0.3, 0.4) is 0 Å². The molecule has 0 spiro atoms. The number of anilines is 1. The fourth-order valence-electron chi connectivity index (χ4n) is 0.739. The fourth-order valence-corrected chi connectivity index (χ4v) is 1.07. The molecule has 64 valence electrons. The summed E-state index contributed by atoms with van der Waals surface area (Å²) in [5.74, 6) is -0.525. The molecule has 5 heteroatoms. The van der Waals surface area contributed by atoms with E-state index >= 15 is 0 Å². The minimum Gasteiger partial charge on any atom is -0.312 e. The summed E-state index contributed by atoms with van der Waals surface area (Å²) in [6.07, 6.45) is 0. The number of carbonyl (C=O) groups is 1. The molecule has 1 amide bonds. The first-order valence-electron chi connectivity index (χ1n) is 3.00. The summed E-state index contributed by atoms with van der Waals surface area (Å²) in [6.45, 7) is 0. The zero-order chi connectivity index (χ0) is 9.14. The number of halogens is 3. The third-order valence-electron chi connectivity index (χ3n) is 1.11. The predicted molar refractivity (Wildman–Crippen MR) is 46.3 cm³/mol. The van der Waals surface area contributed by atoms with Gasteiger partial charge in [-0.2, -0.15) is 0 Å². The number of benzene rings is 1. The molecule has 1 N–H and O–H groups in total. The summed E-state index contributed by atoms with van der Waals surface area (Å²) in [7, 11) is 0. The Kier molecular flexibility index (Phi) is 2.89. The predicted octanol–water partition coefficient (Wildman–Crippen LogP) is 3.25. The first-order valence-corrected chi connectivity index (χ1v) is 3.76. The lowest BCUT2D eigenvalue weighted by Gasteiger charge is -2.00. The molecular weight excluding hydrogens is 204 g/mol. The van der Waals surface area contributed by atoms with Crippen molar-refractivity contribution < 1.29 is 9.18 Å². The van der Waals surface area contributed by atoms with Crippen molar-refractivity contribution in [3.8, 4) is 0 Å². The summed E-state index contributed by atoms with van der Waals surface area (Å²) in [6, 6.07) is 3.64. The largest absolute Gasteiger partial charge is 0.318 e. The van der Waals surface area contributed by atoms with Crippen molar-refractivity contribution in [1.82, 2.24) is 0 Å². The van der Waals surface area contributed by atoms with Crippen molar-refractivity contribution in [1.29, 1.82) is 0 Å². The van der Waals surface area contributed by atoms with Crippen LogP contribution < -0.4 is 5.32 Å². The molecule has 0 atom stereocenters. The van der Waals surface area contributed by atoms with Gasteiger partial charge in [0.05, 0.1) is 0 Å². The smallest absolute Gasteiger partial charge is 0.312 e. The van der Waals surface area contributed by atoms with Crippen LogP contribution in [0.15, 0.2) is 18.2 Å². The molecular formula is C7H4Cl2FNO. The van der Waals surface area contributed by atoms with Crippen molar-refractivity contribution in [2.75, 3.05) is 5.32 Å². The molecule has 0 radical (unpaired) electrons. The lowest BCUT2D eigenvalue weighted by Crippen LogP contribution is -2.00. The first kappa shape index (κ1) is 9.29.